The van der Waals surface area contributed by atoms with Crippen LogP contribution in [0, 0.1) is 0 Å². The number of hydrogen-bond acceptors (Lipinski definition) is 5. The lowest BCUT2D eigenvalue weighted by atomic mass is 10.2. The van der Waals surface area contributed by atoms with Gasteiger partial charge in [-0.05, 0) is 12.8 Å². The Bertz CT molecular complexity index is 540. The number of nitrogens with zero attached hydrogens (tertiary/aromatic N) is 1. The number of carbonyl (C=O) groups is 3. The SMILES string of the molecule is NC(=O)C[C@@H](NC(=O)Nc1nc(C2CC2)cs1)C(=O)O. The summed E-state index contributed by atoms with van der Waals surface area (Å²) in [5.74, 6) is -1.65. The molecule has 1 saturated carbocycles. The molecule has 1 heterocycles. The van der Waals surface area contributed by atoms with Gasteiger partial charge in [-0.1, -0.05) is 0 Å². The summed E-state index contributed by atoms with van der Waals surface area (Å²) in [6.07, 6.45) is 1.75. The lowest BCUT2D eigenvalue weighted by Gasteiger charge is -2.12. The predicted molar refractivity (Wildman–Crippen MR) is 71.5 cm³/mol. The summed E-state index contributed by atoms with van der Waals surface area (Å²) in [4.78, 5) is 37.4. The number of aromatic nitrogens is 1. The minimum absolute atomic E-state index is 0.396. The second kappa shape index (κ2) is 5.87. The lowest BCUT2D eigenvalue weighted by molar-refractivity contribution is -0.140. The van der Waals surface area contributed by atoms with Crippen molar-refractivity contribution in [2.24, 2.45) is 5.73 Å². The summed E-state index contributed by atoms with van der Waals surface area (Å²) in [6, 6.07) is -2.08. The van der Waals surface area contributed by atoms with Crippen molar-refractivity contribution in [1.82, 2.24) is 10.3 Å². The third-order valence-corrected chi connectivity index (χ3v) is 3.52. The zero-order valence-corrected chi connectivity index (χ0v) is 11.3. The van der Waals surface area contributed by atoms with E-state index in [1.807, 2.05) is 5.38 Å². The molecule has 1 fully saturated rings. The molecule has 0 saturated heterocycles. The third kappa shape index (κ3) is 3.92. The Kier molecular flexibility index (Phi) is 4.18. The Morgan fingerprint density at radius 2 is 2.20 bits per heavy atom. The summed E-state index contributed by atoms with van der Waals surface area (Å²) in [7, 11) is 0. The zero-order chi connectivity index (χ0) is 14.7. The average Bonchev–Trinajstić information content (AvgIpc) is 3.09. The molecule has 5 N–H and O–H groups in total. The van der Waals surface area contributed by atoms with E-state index in [-0.39, 0.29) is 0 Å². The maximum absolute atomic E-state index is 11.6. The fourth-order valence-corrected chi connectivity index (χ4v) is 2.39. The van der Waals surface area contributed by atoms with Gasteiger partial charge in [0.1, 0.15) is 6.04 Å². The van der Waals surface area contributed by atoms with Crippen LogP contribution in [0.3, 0.4) is 0 Å². The van der Waals surface area contributed by atoms with E-state index in [9.17, 15) is 14.4 Å². The molecule has 8 nitrogen and oxygen atoms in total. The Labute approximate surface area is 118 Å². The number of aliphatic carboxylic acids is 1. The summed E-state index contributed by atoms with van der Waals surface area (Å²) >= 11 is 1.27. The molecule has 1 atom stereocenters. The van der Waals surface area contributed by atoms with Crippen molar-refractivity contribution >= 4 is 34.4 Å². The third-order valence-electron chi connectivity index (χ3n) is 2.75. The molecule has 0 radical (unpaired) electrons. The Morgan fingerprint density at radius 1 is 1.50 bits per heavy atom. The van der Waals surface area contributed by atoms with Crippen LogP contribution in [0.25, 0.3) is 0 Å². The van der Waals surface area contributed by atoms with Gasteiger partial charge in [-0.25, -0.2) is 14.6 Å². The Morgan fingerprint density at radius 3 is 2.75 bits per heavy atom. The molecule has 108 valence electrons. The van der Waals surface area contributed by atoms with Crippen LogP contribution >= 0.6 is 11.3 Å². The van der Waals surface area contributed by atoms with Crippen LogP contribution in [0.2, 0.25) is 0 Å². The van der Waals surface area contributed by atoms with Crippen LogP contribution in [-0.2, 0) is 9.59 Å². The number of carbonyl (C=O) groups excluding carboxylic acids is 2. The molecular weight excluding hydrogens is 284 g/mol. The van der Waals surface area contributed by atoms with Gasteiger partial charge in [0.25, 0.3) is 0 Å². The number of amides is 3. The molecule has 0 unspecified atom stereocenters. The molecule has 0 bridgehead atoms. The summed E-state index contributed by atoms with van der Waals surface area (Å²) in [5, 5.41) is 15.7. The van der Waals surface area contributed by atoms with Gasteiger partial charge in [-0.3, -0.25) is 10.1 Å². The molecule has 1 aromatic rings. The quantitative estimate of drug-likeness (QED) is 0.605. The first-order chi connectivity index (χ1) is 9.45. The van der Waals surface area contributed by atoms with E-state index in [0.717, 1.165) is 18.5 Å². The monoisotopic (exact) mass is 298 g/mol. The molecule has 1 aromatic heterocycles. The molecule has 20 heavy (non-hydrogen) atoms. The normalized spacial score (nSPS) is 15.4. The molecular formula is C11H14N4O4S. The fraction of sp³-hybridized carbons (Fsp3) is 0.455. The van der Waals surface area contributed by atoms with Gasteiger partial charge < -0.3 is 16.2 Å². The van der Waals surface area contributed by atoms with E-state index >= 15 is 0 Å². The lowest BCUT2D eigenvalue weighted by Crippen LogP contribution is -2.45. The van der Waals surface area contributed by atoms with Crippen LogP contribution in [0.4, 0.5) is 9.93 Å². The number of carboxylic acids is 1. The van der Waals surface area contributed by atoms with E-state index in [1.54, 1.807) is 0 Å². The number of anilines is 1. The number of rotatable bonds is 6. The smallest absolute Gasteiger partial charge is 0.326 e. The van der Waals surface area contributed by atoms with Gasteiger partial charge in [0, 0.05) is 11.3 Å². The molecule has 0 spiro atoms. The highest BCUT2D eigenvalue weighted by atomic mass is 32.1. The van der Waals surface area contributed by atoms with Gasteiger partial charge in [0.2, 0.25) is 5.91 Å². The number of hydrogen-bond donors (Lipinski definition) is 4. The number of nitrogens with two attached hydrogens (primary N) is 1. The number of primary amides is 1. The van der Waals surface area contributed by atoms with Crippen LogP contribution in [0.15, 0.2) is 5.38 Å². The Hall–Kier alpha value is -2.16. The molecule has 3 amide bonds. The first-order valence-corrected chi connectivity index (χ1v) is 6.87. The highest BCUT2D eigenvalue weighted by Crippen LogP contribution is 2.40. The van der Waals surface area contributed by atoms with Crippen molar-refractivity contribution in [1.29, 1.82) is 0 Å². The first kappa shape index (κ1) is 14.3. The van der Waals surface area contributed by atoms with Crippen molar-refractivity contribution < 1.29 is 19.5 Å². The highest BCUT2D eigenvalue weighted by Gasteiger charge is 2.27. The molecule has 9 heteroatoms. The maximum Gasteiger partial charge on any atom is 0.326 e. The topological polar surface area (TPSA) is 134 Å². The van der Waals surface area contributed by atoms with E-state index in [4.69, 9.17) is 10.8 Å². The van der Waals surface area contributed by atoms with Crippen molar-refractivity contribution in [2.75, 3.05) is 5.32 Å². The van der Waals surface area contributed by atoms with Crippen LogP contribution in [0.5, 0.6) is 0 Å². The molecule has 1 aliphatic carbocycles. The van der Waals surface area contributed by atoms with E-state index in [1.165, 1.54) is 11.3 Å². The highest BCUT2D eigenvalue weighted by molar-refractivity contribution is 7.13. The maximum atomic E-state index is 11.6. The number of nitrogens with one attached hydrogen (secondary N) is 2. The van der Waals surface area contributed by atoms with Gasteiger partial charge >= 0.3 is 12.0 Å². The molecule has 0 aliphatic heterocycles. The average molecular weight is 298 g/mol. The fourth-order valence-electron chi connectivity index (χ4n) is 1.60. The molecule has 0 aromatic carbocycles. The van der Waals surface area contributed by atoms with E-state index < -0.39 is 30.4 Å². The summed E-state index contributed by atoms with van der Waals surface area (Å²) in [6.45, 7) is 0. The van der Waals surface area contributed by atoms with Gasteiger partial charge in [-0.15, -0.1) is 11.3 Å². The zero-order valence-electron chi connectivity index (χ0n) is 10.5. The van der Waals surface area contributed by atoms with Crippen molar-refractivity contribution in [3.05, 3.63) is 11.1 Å². The predicted octanol–water partition coefficient (Wildman–Crippen LogP) is 0.471. The van der Waals surface area contributed by atoms with Gasteiger partial charge in [0.15, 0.2) is 5.13 Å². The van der Waals surface area contributed by atoms with Crippen molar-refractivity contribution in [3.63, 3.8) is 0 Å². The van der Waals surface area contributed by atoms with Gasteiger partial charge in [0.05, 0.1) is 12.1 Å². The molecule has 2 rings (SSSR count). The van der Waals surface area contributed by atoms with Crippen molar-refractivity contribution in [3.8, 4) is 0 Å². The summed E-state index contributed by atoms with van der Waals surface area (Å²) in [5.41, 5.74) is 5.86. The van der Waals surface area contributed by atoms with Crippen LogP contribution in [-0.4, -0.2) is 34.0 Å². The minimum atomic E-state index is -1.35. The second-order valence-corrected chi connectivity index (χ2v) is 5.37. The van der Waals surface area contributed by atoms with Crippen LogP contribution < -0.4 is 16.4 Å². The van der Waals surface area contributed by atoms with E-state index in [0.29, 0.717) is 11.0 Å². The minimum Gasteiger partial charge on any atom is -0.480 e. The number of urea groups is 1. The first-order valence-electron chi connectivity index (χ1n) is 5.99. The van der Waals surface area contributed by atoms with Crippen molar-refractivity contribution in [2.45, 2.75) is 31.2 Å². The number of carboxylic acid groups (broad SMARTS) is 1. The van der Waals surface area contributed by atoms with E-state index in [2.05, 4.69) is 15.6 Å². The molecule has 1 aliphatic rings. The Balaban J connectivity index is 1.89. The second-order valence-electron chi connectivity index (χ2n) is 4.51. The largest absolute Gasteiger partial charge is 0.480 e. The number of thiazole rings is 1. The van der Waals surface area contributed by atoms with Crippen LogP contribution in [0.1, 0.15) is 30.9 Å². The standard InChI is InChI=1S/C11H14N4O4S/c12-8(16)3-6(9(17)18)13-10(19)15-11-14-7(4-20-11)5-1-2-5/h4-6H,1-3H2,(H2,12,16)(H,17,18)(H2,13,14,15,19)/t6-/m1/s1. The summed E-state index contributed by atoms with van der Waals surface area (Å²) < 4.78 is 0. The van der Waals surface area contributed by atoms with Gasteiger partial charge in [-0.2, -0.15) is 0 Å².